The van der Waals surface area contributed by atoms with Crippen LogP contribution in [-0.2, 0) is 18.1 Å². The predicted molar refractivity (Wildman–Crippen MR) is 147 cm³/mol. The number of hydrogen-bond acceptors (Lipinski definition) is 0. The van der Waals surface area contributed by atoms with E-state index in [1.54, 1.807) is 16.7 Å². The summed E-state index contributed by atoms with van der Waals surface area (Å²) in [4.78, 5) is 0. The molecule has 0 N–H and O–H groups in total. The molecule has 3 rings (SSSR count). The largest absolute Gasteiger partial charge is 0.0653 e. The zero-order valence-electron chi connectivity index (χ0n) is 21.0. The molecule has 170 valence electrons. The molecular weight excluding hydrogens is 417 g/mol. The topological polar surface area (TPSA) is 0 Å². The lowest BCUT2D eigenvalue weighted by atomic mass is 10.2. The average molecular weight is 459 g/mol. The van der Waals surface area contributed by atoms with Gasteiger partial charge in [0.2, 0.25) is 0 Å². The molecule has 0 saturated carbocycles. The van der Waals surface area contributed by atoms with Crippen LogP contribution < -0.4 is 0 Å². The highest BCUT2D eigenvalue weighted by molar-refractivity contribution is 7.43. The third-order valence-electron chi connectivity index (χ3n) is 7.94. The molecule has 0 aliphatic rings. The monoisotopic (exact) mass is 458 g/mol. The van der Waals surface area contributed by atoms with Crippen molar-refractivity contribution < 1.29 is 0 Å². The summed E-state index contributed by atoms with van der Waals surface area (Å²) in [5.41, 5.74) is 6.94. The van der Waals surface area contributed by atoms with Gasteiger partial charge in [-0.1, -0.05) is 166 Å². The standard InChI is InChI=1S/C30H42Si2/c1-25(2)32(26(3)4,27(5)6)31(22-28-16-10-7-11-17-28,23-29-18-12-8-13-19-29)24-30-20-14-9-15-21-30/h7-21,25-27H,22-24H2,1-6H3. The molecule has 0 saturated heterocycles. The highest BCUT2D eigenvalue weighted by Crippen LogP contribution is 2.50. The molecule has 0 amide bonds. The molecule has 2 heteroatoms. The molecule has 0 bridgehead atoms. The Hall–Kier alpha value is -1.91. The maximum absolute atomic E-state index is 2.56. The van der Waals surface area contributed by atoms with Gasteiger partial charge in [-0.05, 0) is 18.1 Å². The quantitative estimate of drug-likeness (QED) is 0.267. The second-order valence-corrected chi connectivity index (χ2v) is 25.4. The molecule has 0 radical (unpaired) electrons. The Morgan fingerprint density at radius 3 is 0.906 bits per heavy atom. The van der Waals surface area contributed by atoms with Gasteiger partial charge in [0.05, 0.1) is 15.2 Å². The van der Waals surface area contributed by atoms with Crippen molar-refractivity contribution in [3.63, 3.8) is 0 Å². The molecule has 32 heavy (non-hydrogen) atoms. The first-order valence-electron chi connectivity index (χ1n) is 12.4. The minimum atomic E-state index is -1.85. The highest BCUT2D eigenvalue weighted by Gasteiger charge is 2.59. The fraction of sp³-hybridized carbons (Fsp3) is 0.400. The molecule has 0 unspecified atom stereocenters. The summed E-state index contributed by atoms with van der Waals surface area (Å²) in [6, 6.07) is 38.1. The highest BCUT2D eigenvalue weighted by atomic mass is 29.3. The minimum Gasteiger partial charge on any atom is -0.0653 e. The zero-order chi connectivity index (χ0) is 23.2. The fourth-order valence-electron chi connectivity index (χ4n) is 7.44. The zero-order valence-corrected chi connectivity index (χ0v) is 23.0. The first-order valence-corrected chi connectivity index (χ1v) is 18.3. The Morgan fingerprint density at radius 1 is 0.438 bits per heavy atom. The third kappa shape index (κ3) is 5.02. The van der Waals surface area contributed by atoms with Gasteiger partial charge >= 0.3 is 0 Å². The van der Waals surface area contributed by atoms with Gasteiger partial charge in [0.15, 0.2) is 0 Å². The normalized spacial score (nSPS) is 12.7. The van der Waals surface area contributed by atoms with Crippen molar-refractivity contribution in [2.24, 2.45) is 0 Å². The molecule has 0 spiro atoms. The summed E-state index contributed by atoms with van der Waals surface area (Å²) in [6.45, 7) is 15.4. The van der Waals surface area contributed by atoms with E-state index in [9.17, 15) is 0 Å². The van der Waals surface area contributed by atoms with E-state index >= 15 is 0 Å². The van der Waals surface area contributed by atoms with Crippen molar-refractivity contribution in [1.29, 1.82) is 0 Å². The lowest BCUT2D eigenvalue weighted by Crippen LogP contribution is -2.72. The van der Waals surface area contributed by atoms with Gasteiger partial charge in [0.25, 0.3) is 0 Å². The van der Waals surface area contributed by atoms with Crippen LogP contribution in [0.25, 0.3) is 0 Å². The lowest BCUT2D eigenvalue weighted by molar-refractivity contribution is 0.832. The van der Waals surface area contributed by atoms with E-state index < -0.39 is 15.2 Å². The molecule has 0 nitrogen and oxygen atoms in total. The molecule has 0 aliphatic carbocycles. The van der Waals surface area contributed by atoms with Crippen LogP contribution in [-0.4, -0.2) is 15.2 Å². The van der Waals surface area contributed by atoms with Crippen molar-refractivity contribution in [3.8, 4) is 0 Å². The van der Waals surface area contributed by atoms with Crippen LogP contribution in [0.15, 0.2) is 91.0 Å². The van der Waals surface area contributed by atoms with Crippen molar-refractivity contribution >= 4 is 15.2 Å². The van der Waals surface area contributed by atoms with Gasteiger partial charge in [-0.3, -0.25) is 0 Å². The van der Waals surface area contributed by atoms with Crippen LogP contribution in [0.5, 0.6) is 0 Å². The second-order valence-electron chi connectivity index (χ2n) is 10.7. The van der Waals surface area contributed by atoms with Crippen molar-refractivity contribution in [2.75, 3.05) is 0 Å². The molecule has 0 atom stereocenters. The molecule has 0 aromatic heterocycles. The van der Waals surface area contributed by atoms with Gasteiger partial charge in [0.1, 0.15) is 0 Å². The van der Waals surface area contributed by atoms with Crippen molar-refractivity contribution in [3.05, 3.63) is 108 Å². The van der Waals surface area contributed by atoms with Crippen LogP contribution in [0.2, 0.25) is 16.6 Å². The van der Waals surface area contributed by atoms with Crippen LogP contribution in [0, 0.1) is 0 Å². The Balaban J connectivity index is 2.29. The van der Waals surface area contributed by atoms with E-state index in [4.69, 9.17) is 0 Å². The Morgan fingerprint density at radius 2 is 0.688 bits per heavy atom. The van der Waals surface area contributed by atoms with E-state index in [1.165, 1.54) is 18.1 Å². The van der Waals surface area contributed by atoms with Crippen LogP contribution >= 0.6 is 0 Å². The molecule has 0 aliphatic heterocycles. The summed E-state index contributed by atoms with van der Waals surface area (Å²) < 4.78 is 0. The molecule has 3 aromatic rings. The first-order chi connectivity index (χ1) is 15.3. The summed E-state index contributed by atoms with van der Waals surface area (Å²) in [5, 5.41) is 0. The van der Waals surface area contributed by atoms with E-state index in [1.807, 2.05) is 0 Å². The second kappa shape index (κ2) is 10.8. The Bertz CT molecular complexity index is 807. The SMILES string of the molecule is CC(C)[Si](C(C)C)(C(C)C)[Si](Cc1ccccc1)(Cc1ccccc1)Cc1ccccc1. The van der Waals surface area contributed by atoms with Gasteiger partial charge < -0.3 is 0 Å². The van der Waals surface area contributed by atoms with E-state index in [2.05, 4.69) is 133 Å². The van der Waals surface area contributed by atoms with E-state index in [-0.39, 0.29) is 0 Å². The molecule has 0 fully saturated rings. The number of rotatable bonds is 10. The van der Waals surface area contributed by atoms with E-state index in [0.29, 0.717) is 0 Å². The smallest absolute Gasteiger partial charge is 0.0615 e. The number of benzene rings is 3. The summed E-state index contributed by atoms with van der Waals surface area (Å²) in [7, 11) is -3.56. The van der Waals surface area contributed by atoms with Crippen molar-refractivity contribution in [2.45, 2.75) is 76.3 Å². The average Bonchev–Trinajstić information content (AvgIpc) is 2.75. The number of hydrogen-bond donors (Lipinski definition) is 0. The Kier molecular flexibility index (Phi) is 8.35. The summed E-state index contributed by atoms with van der Waals surface area (Å²) in [5.74, 6) is 0. The predicted octanol–water partition coefficient (Wildman–Crippen LogP) is 8.54. The van der Waals surface area contributed by atoms with Crippen LogP contribution in [0.3, 0.4) is 0 Å². The summed E-state index contributed by atoms with van der Waals surface area (Å²) >= 11 is 0. The van der Waals surface area contributed by atoms with Crippen LogP contribution in [0.1, 0.15) is 58.2 Å². The lowest BCUT2D eigenvalue weighted by Gasteiger charge is -2.57. The molecule has 3 aromatic carbocycles. The molecular formula is C30H42Si2. The maximum Gasteiger partial charge on any atom is 0.0615 e. The molecule has 0 heterocycles. The first kappa shape index (κ1) is 24.7. The maximum atomic E-state index is 2.56. The minimum absolute atomic E-state index is 0.769. The fourth-order valence-corrected chi connectivity index (χ4v) is 35.1. The van der Waals surface area contributed by atoms with Crippen LogP contribution in [0.4, 0.5) is 0 Å². The van der Waals surface area contributed by atoms with Gasteiger partial charge in [-0.25, -0.2) is 0 Å². The van der Waals surface area contributed by atoms with Gasteiger partial charge in [-0.15, -0.1) is 0 Å². The Labute approximate surface area is 198 Å². The van der Waals surface area contributed by atoms with E-state index in [0.717, 1.165) is 16.6 Å². The third-order valence-corrected chi connectivity index (χ3v) is 31.1. The summed E-state index contributed by atoms with van der Waals surface area (Å²) in [6.07, 6.45) is 0. The van der Waals surface area contributed by atoms with Crippen molar-refractivity contribution in [1.82, 2.24) is 0 Å². The van der Waals surface area contributed by atoms with Gasteiger partial charge in [-0.2, -0.15) is 0 Å². The van der Waals surface area contributed by atoms with Gasteiger partial charge in [0, 0.05) is 0 Å².